The molecule has 6 heteroatoms. The molecule has 0 bridgehead atoms. The van der Waals surface area contributed by atoms with Crippen LogP contribution in [0.5, 0.6) is 0 Å². The summed E-state index contributed by atoms with van der Waals surface area (Å²) in [6.07, 6.45) is -0.193. The van der Waals surface area contributed by atoms with Gasteiger partial charge in [-0.1, -0.05) is 12.1 Å². The summed E-state index contributed by atoms with van der Waals surface area (Å²) in [5.41, 5.74) is 1.65. The molecule has 6 nitrogen and oxygen atoms in total. The summed E-state index contributed by atoms with van der Waals surface area (Å²) in [7, 11) is 0. The van der Waals surface area contributed by atoms with Crippen LogP contribution in [-0.4, -0.2) is 16.1 Å². The number of nitriles is 1. The normalized spacial score (nSPS) is 9.63. The number of benzene rings is 1. The van der Waals surface area contributed by atoms with Gasteiger partial charge in [-0.2, -0.15) is 10.4 Å². The summed E-state index contributed by atoms with van der Waals surface area (Å²) in [6, 6.07) is 11.7. The van der Waals surface area contributed by atoms with Gasteiger partial charge in [0.05, 0.1) is 11.8 Å². The van der Waals surface area contributed by atoms with Crippen LogP contribution in [0.15, 0.2) is 41.2 Å². The molecule has 0 radical (unpaired) electrons. The Balaban J connectivity index is 2.24. The molecule has 0 fully saturated rings. The third-order valence-corrected chi connectivity index (χ3v) is 2.36. The molecule has 2 rings (SSSR count). The number of nitrogens with zero attached hydrogens (tertiary/aromatic N) is 2. The predicted octanol–water partition coefficient (Wildman–Crippen LogP) is 1.29. The molecule has 0 saturated heterocycles. The van der Waals surface area contributed by atoms with Crippen molar-refractivity contribution >= 4 is 11.6 Å². The maximum atomic E-state index is 11.3. The monoisotopic (exact) mass is 254 g/mol. The van der Waals surface area contributed by atoms with Gasteiger partial charge in [-0.15, -0.1) is 0 Å². The lowest BCUT2D eigenvalue weighted by Gasteiger charge is -2.05. The standard InChI is InChI=1S/C13H10N4O2/c14-7-6-12(18)15-10-3-1-2-9(8-10)11-4-5-13(19)17-16-11/h1-5,8H,6H2,(H,15,18)(H,17,19). The molecule has 0 atom stereocenters. The molecular weight excluding hydrogens is 244 g/mol. The number of hydrogen-bond donors (Lipinski definition) is 2. The first-order chi connectivity index (χ1) is 9.19. The minimum Gasteiger partial charge on any atom is -0.325 e. The molecule has 2 N–H and O–H groups in total. The minimum absolute atomic E-state index is 0.193. The third kappa shape index (κ3) is 3.26. The van der Waals surface area contributed by atoms with Gasteiger partial charge in [-0.05, 0) is 18.2 Å². The van der Waals surface area contributed by atoms with Crippen molar-refractivity contribution in [3.8, 4) is 17.3 Å². The Labute approximate surface area is 108 Å². The highest BCUT2D eigenvalue weighted by Gasteiger charge is 2.04. The number of amides is 1. The first-order valence-electron chi connectivity index (χ1n) is 5.52. The quantitative estimate of drug-likeness (QED) is 0.862. The highest BCUT2D eigenvalue weighted by Crippen LogP contribution is 2.19. The Bertz CT molecular complexity index is 680. The molecule has 0 aliphatic heterocycles. The van der Waals surface area contributed by atoms with Gasteiger partial charge in [0.25, 0.3) is 5.56 Å². The lowest BCUT2D eigenvalue weighted by Crippen LogP contribution is -2.10. The molecular formula is C13H10N4O2. The van der Waals surface area contributed by atoms with E-state index in [1.807, 2.05) is 0 Å². The van der Waals surface area contributed by atoms with Crippen molar-refractivity contribution in [2.45, 2.75) is 6.42 Å². The number of aromatic amines is 1. The van der Waals surface area contributed by atoms with E-state index in [2.05, 4.69) is 15.5 Å². The van der Waals surface area contributed by atoms with Crippen LogP contribution < -0.4 is 10.9 Å². The number of aromatic nitrogens is 2. The SMILES string of the molecule is N#CCC(=O)Nc1cccc(-c2ccc(=O)[nH]n2)c1. The van der Waals surface area contributed by atoms with Crippen LogP contribution in [0.3, 0.4) is 0 Å². The van der Waals surface area contributed by atoms with Crippen LogP contribution >= 0.6 is 0 Å². The Hall–Kier alpha value is -2.94. The molecule has 1 aromatic heterocycles. The molecule has 1 heterocycles. The third-order valence-electron chi connectivity index (χ3n) is 2.36. The van der Waals surface area contributed by atoms with Gasteiger partial charge in [0.15, 0.2) is 0 Å². The Morgan fingerprint density at radius 3 is 2.89 bits per heavy atom. The second-order valence-electron chi connectivity index (χ2n) is 3.77. The van der Waals surface area contributed by atoms with E-state index in [0.717, 1.165) is 5.56 Å². The molecule has 0 spiro atoms. The number of H-pyrrole nitrogens is 1. The van der Waals surface area contributed by atoms with E-state index in [0.29, 0.717) is 11.4 Å². The van der Waals surface area contributed by atoms with Gasteiger partial charge < -0.3 is 5.32 Å². The largest absolute Gasteiger partial charge is 0.325 e. The Morgan fingerprint density at radius 1 is 1.37 bits per heavy atom. The van der Waals surface area contributed by atoms with Crippen molar-refractivity contribution in [2.24, 2.45) is 0 Å². The minimum atomic E-state index is -0.367. The van der Waals surface area contributed by atoms with Crippen LogP contribution in [0.1, 0.15) is 6.42 Å². The van der Waals surface area contributed by atoms with E-state index in [9.17, 15) is 9.59 Å². The van der Waals surface area contributed by atoms with Crippen LogP contribution in [0.4, 0.5) is 5.69 Å². The van der Waals surface area contributed by atoms with Crippen LogP contribution in [0, 0.1) is 11.3 Å². The van der Waals surface area contributed by atoms with Gasteiger partial charge in [0, 0.05) is 17.3 Å². The molecule has 2 aromatic rings. The highest BCUT2D eigenvalue weighted by atomic mass is 16.1. The summed E-state index contributed by atoms with van der Waals surface area (Å²) in [5, 5.41) is 17.3. The molecule has 19 heavy (non-hydrogen) atoms. The lowest BCUT2D eigenvalue weighted by molar-refractivity contribution is -0.115. The zero-order chi connectivity index (χ0) is 13.7. The van der Waals surface area contributed by atoms with E-state index in [1.165, 1.54) is 6.07 Å². The molecule has 0 aliphatic rings. The van der Waals surface area contributed by atoms with E-state index in [-0.39, 0.29) is 17.9 Å². The average molecular weight is 254 g/mol. The predicted molar refractivity (Wildman–Crippen MR) is 69.2 cm³/mol. The maximum absolute atomic E-state index is 11.3. The molecule has 1 amide bonds. The van der Waals surface area contributed by atoms with Crippen molar-refractivity contribution in [1.29, 1.82) is 5.26 Å². The fourth-order valence-corrected chi connectivity index (χ4v) is 1.54. The molecule has 94 valence electrons. The molecule has 0 aliphatic carbocycles. The summed E-state index contributed by atoms with van der Waals surface area (Å²) in [6.45, 7) is 0. The highest BCUT2D eigenvalue weighted by molar-refractivity contribution is 5.92. The van der Waals surface area contributed by atoms with Gasteiger partial charge >= 0.3 is 0 Å². The summed E-state index contributed by atoms with van der Waals surface area (Å²) >= 11 is 0. The van der Waals surface area contributed by atoms with Gasteiger partial charge in [-0.25, -0.2) is 5.10 Å². The number of carbonyl (C=O) groups is 1. The van der Waals surface area contributed by atoms with Gasteiger partial charge in [0.2, 0.25) is 5.91 Å². The first-order valence-corrected chi connectivity index (χ1v) is 5.52. The fourth-order valence-electron chi connectivity index (χ4n) is 1.54. The smallest absolute Gasteiger partial charge is 0.264 e. The van der Waals surface area contributed by atoms with E-state index >= 15 is 0 Å². The van der Waals surface area contributed by atoms with E-state index < -0.39 is 0 Å². The summed E-state index contributed by atoms with van der Waals surface area (Å²) in [5.74, 6) is -0.367. The first kappa shape index (κ1) is 12.5. The van der Waals surface area contributed by atoms with Crippen LogP contribution in [-0.2, 0) is 4.79 Å². The van der Waals surface area contributed by atoms with Gasteiger partial charge in [-0.3, -0.25) is 9.59 Å². The number of anilines is 1. The summed E-state index contributed by atoms with van der Waals surface area (Å²) < 4.78 is 0. The lowest BCUT2D eigenvalue weighted by atomic mass is 10.1. The van der Waals surface area contributed by atoms with Crippen LogP contribution in [0.25, 0.3) is 11.3 Å². The molecule has 0 saturated carbocycles. The van der Waals surface area contributed by atoms with Crippen molar-refractivity contribution in [2.75, 3.05) is 5.32 Å². The van der Waals surface area contributed by atoms with Crippen LogP contribution in [0.2, 0.25) is 0 Å². The molecule has 0 unspecified atom stereocenters. The topological polar surface area (TPSA) is 98.6 Å². The second-order valence-corrected chi connectivity index (χ2v) is 3.77. The Kier molecular flexibility index (Phi) is 3.69. The zero-order valence-corrected chi connectivity index (χ0v) is 9.88. The van der Waals surface area contributed by atoms with Crippen molar-refractivity contribution in [3.63, 3.8) is 0 Å². The van der Waals surface area contributed by atoms with Crippen molar-refractivity contribution in [3.05, 3.63) is 46.8 Å². The maximum Gasteiger partial charge on any atom is 0.264 e. The van der Waals surface area contributed by atoms with E-state index in [1.54, 1.807) is 36.4 Å². The number of hydrogen-bond acceptors (Lipinski definition) is 4. The van der Waals surface area contributed by atoms with Crippen molar-refractivity contribution in [1.82, 2.24) is 10.2 Å². The fraction of sp³-hybridized carbons (Fsp3) is 0.0769. The number of rotatable bonds is 3. The number of nitrogens with one attached hydrogen (secondary N) is 2. The molecule has 1 aromatic carbocycles. The number of carbonyl (C=O) groups excluding carboxylic acids is 1. The zero-order valence-electron chi connectivity index (χ0n) is 9.88. The van der Waals surface area contributed by atoms with E-state index in [4.69, 9.17) is 5.26 Å². The van der Waals surface area contributed by atoms with Gasteiger partial charge in [0.1, 0.15) is 6.42 Å². The average Bonchev–Trinajstić information content (AvgIpc) is 2.40. The summed E-state index contributed by atoms with van der Waals surface area (Å²) in [4.78, 5) is 22.2. The van der Waals surface area contributed by atoms with Crippen molar-refractivity contribution < 1.29 is 4.79 Å². The second kappa shape index (κ2) is 5.60. The Morgan fingerprint density at radius 2 is 2.21 bits per heavy atom.